The predicted octanol–water partition coefficient (Wildman–Crippen LogP) is 3.44. The first-order chi connectivity index (χ1) is 13.7. The van der Waals surface area contributed by atoms with Crippen molar-refractivity contribution < 1.29 is 9.21 Å². The SMILES string of the molecule is CN=C(NCCc1ccccc1)NCc1ccc(NC(=O)c2ccco2)cc1. The fourth-order valence-electron chi connectivity index (χ4n) is 2.68. The number of anilines is 1. The van der Waals surface area contributed by atoms with Crippen molar-refractivity contribution in [1.82, 2.24) is 10.6 Å². The number of benzene rings is 2. The first kappa shape index (κ1) is 19.2. The first-order valence-electron chi connectivity index (χ1n) is 9.17. The maximum atomic E-state index is 12.0. The number of carbonyl (C=O) groups is 1. The van der Waals surface area contributed by atoms with Crippen molar-refractivity contribution in [3.05, 3.63) is 89.9 Å². The summed E-state index contributed by atoms with van der Waals surface area (Å²) in [6, 6.07) is 21.3. The molecule has 6 heteroatoms. The van der Waals surface area contributed by atoms with Crippen molar-refractivity contribution in [3.8, 4) is 0 Å². The van der Waals surface area contributed by atoms with E-state index in [2.05, 4.69) is 33.1 Å². The van der Waals surface area contributed by atoms with Crippen LogP contribution < -0.4 is 16.0 Å². The standard InChI is InChI=1S/C22H24N4O2/c1-23-22(24-14-13-17-6-3-2-4-7-17)25-16-18-9-11-19(12-10-18)26-21(27)20-8-5-15-28-20/h2-12,15H,13-14,16H2,1H3,(H,26,27)(H2,23,24,25). The van der Waals surface area contributed by atoms with Crippen molar-refractivity contribution in [2.75, 3.05) is 18.9 Å². The predicted molar refractivity (Wildman–Crippen MR) is 111 cm³/mol. The number of carbonyl (C=O) groups excluding carboxylic acids is 1. The Morgan fingerprint density at radius 3 is 2.39 bits per heavy atom. The lowest BCUT2D eigenvalue weighted by Gasteiger charge is -2.12. The molecule has 0 saturated heterocycles. The van der Waals surface area contributed by atoms with Gasteiger partial charge in [-0.2, -0.15) is 0 Å². The van der Waals surface area contributed by atoms with Gasteiger partial charge in [0.05, 0.1) is 6.26 Å². The lowest BCUT2D eigenvalue weighted by molar-refractivity contribution is 0.0996. The van der Waals surface area contributed by atoms with Gasteiger partial charge in [0.2, 0.25) is 0 Å². The maximum absolute atomic E-state index is 12.0. The highest BCUT2D eigenvalue weighted by Crippen LogP contribution is 2.11. The minimum Gasteiger partial charge on any atom is -0.459 e. The monoisotopic (exact) mass is 376 g/mol. The summed E-state index contributed by atoms with van der Waals surface area (Å²) in [5.41, 5.74) is 3.09. The van der Waals surface area contributed by atoms with Crippen LogP contribution in [-0.4, -0.2) is 25.5 Å². The van der Waals surface area contributed by atoms with Crippen LogP contribution in [0.15, 0.2) is 82.4 Å². The van der Waals surface area contributed by atoms with Gasteiger partial charge >= 0.3 is 0 Å². The van der Waals surface area contributed by atoms with Gasteiger partial charge < -0.3 is 20.4 Å². The average molecular weight is 376 g/mol. The Labute approximate surface area is 164 Å². The number of hydrogen-bond acceptors (Lipinski definition) is 3. The number of nitrogens with zero attached hydrogens (tertiary/aromatic N) is 1. The second-order valence-corrected chi connectivity index (χ2v) is 6.22. The highest BCUT2D eigenvalue weighted by atomic mass is 16.3. The van der Waals surface area contributed by atoms with Gasteiger partial charge in [0, 0.05) is 25.8 Å². The first-order valence-corrected chi connectivity index (χ1v) is 9.17. The number of aliphatic imine (C=N–C) groups is 1. The second kappa shape index (κ2) is 9.97. The van der Waals surface area contributed by atoms with E-state index >= 15 is 0 Å². The molecule has 1 heterocycles. The van der Waals surface area contributed by atoms with E-state index < -0.39 is 0 Å². The third-order valence-corrected chi connectivity index (χ3v) is 4.19. The minimum absolute atomic E-state index is 0.265. The topological polar surface area (TPSA) is 78.7 Å². The number of nitrogens with one attached hydrogen (secondary N) is 3. The molecule has 0 radical (unpaired) electrons. The van der Waals surface area contributed by atoms with E-state index in [0.29, 0.717) is 6.54 Å². The second-order valence-electron chi connectivity index (χ2n) is 6.22. The van der Waals surface area contributed by atoms with Gasteiger partial charge in [-0.1, -0.05) is 42.5 Å². The summed E-state index contributed by atoms with van der Waals surface area (Å²) in [4.78, 5) is 16.2. The van der Waals surface area contributed by atoms with E-state index in [1.165, 1.54) is 11.8 Å². The van der Waals surface area contributed by atoms with Crippen molar-refractivity contribution in [3.63, 3.8) is 0 Å². The number of amides is 1. The van der Waals surface area contributed by atoms with Crippen LogP contribution >= 0.6 is 0 Å². The summed E-state index contributed by atoms with van der Waals surface area (Å²) in [5, 5.41) is 9.41. The zero-order chi connectivity index (χ0) is 19.6. The molecule has 3 aromatic rings. The van der Waals surface area contributed by atoms with Crippen LogP contribution in [0, 0.1) is 0 Å². The molecule has 3 N–H and O–H groups in total. The zero-order valence-electron chi connectivity index (χ0n) is 15.8. The van der Waals surface area contributed by atoms with Crippen LogP contribution in [0.2, 0.25) is 0 Å². The minimum atomic E-state index is -0.265. The molecule has 2 aromatic carbocycles. The van der Waals surface area contributed by atoms with Crippen LogP contribution in [0.3, 0.4) is 0 Å². The molecule has 0 atom stereocenters. The van der Waals surface area contributed by atoms with Gasteiger partial charge in [-0.05, 0) is 41.8 Å². The van der Waals surface area contributed by atoms with E-state index in [9.17, 15) is 4.79 Å². The van der Waals surface area contributed by atoms with E-state index in [4.69, 9.17) is 4.42 Å². The largest absolute Gasteiger partial charge is 0.459 e. The van der Waals surface area contributed by atoms with Crippen LogP contribution in [0.5, 0.6) is 0 Å². The van der Waals surface area contributed by atoms with Crippen LogP contribution in [0.4, 0.5) is 5.69 Å². The number of hydrogen-bond donors (Lipinski definition) is 3. The summed E-state index contributed by atoms with van der Waals surface area (Å²) in [6.45, 7) is 1.44. The number of guanidine groups is 1. The molecule has 0 spiro atoms. The average Bonchev–Trinajstić information content (AvgIpc) is 3.27. The molecule has 1 aromatic heterocycles. The van der Waals surface area contributed by atoms with Crippen LogP contribution in [0.1, 0.15) is 21.7 Å². The van der Waals surface area contributed by atoms with E-state index in [-0.39, 0.29) is 11.7 Å². The number of rotatable bonds is 7. The Kier molecular flexibility index (Phi) is 6.84. The number of furan rings is 1. The van der Waals surface area contributed by atoms with Gasteiger partial charge in [0.15, 0.2) is 11.7 Å². The quantitative estimate of drug-likeness (QED) is 0.436. The molecule has 1 amide bonds. The van der Waals surface area contributed by atoms with Gasteiger partial charge in [0.1, 0.15) is 0 Å². The van der Waals surface area contributed by atoms with Gasteiger partial charge in [-0.3, -0.25) is 9.79 Å². The molecule has 0 aliphatic heterocycles. The van der Waals surface area contributed by atoms with Crippen molar-refractivity contribution in [2.45, 2.75) is 13.0 Å². The molecule has 0 unspecified atom stereocenters. The molecule has 0 fully saturated rings. The van der Waals surface area contributed by atoms with Gasteiger partial charge in [-0.15, -0.1) is 0 Å². The summed E-state index contributed by atoms with van der Waals surface area (Å²) in [5.74, 6) is 0.779. The zero-order valence-corrected chi connectivity index (χ0v) is 15.8. The fraction of sp³-hybridized carbons (Fsp3) is 0.182. The maximum Gasteiger partial charge on any atom is 0.291 e. The molecular weight excluding hydrogens is 352 g/mol. The Bertz CT molecular complexity index is 888. The van der Waals surface area contributed by atoms with Crippen LogP contribution in [-0.2, 0) is 13.0 Å². The van der Waals surface area contributed by atoms with Crippen molar-refractivity contribution in [1.29, 1.82) is 0 Å². The van der Waals surface area contributed by atoms with Crippen molar-refractivity contribution in [2.24, 2.45) is 4.99 Å². The van der Waals surface area contributed by atoms with Gasteiger partial charge in [0.25, 0.3) is 5.91 Å². The Morgan fingerprint density at radius 1 is 0.929 bits per heavy atom. The molecule has 6 nitrogen and oxygen atoms in total. The smallest absolute Gasteiger partial charge is 0.291 e. The third-order valence-electron chi connectivity index (χ3n) is 4.19. The molecule has 3 rings (SSSR count). The summed E-state index contributed by atoms with van der Waals surface area (Å²) < 4.78 is 5.09. The highest BCUT2D eigenvalue weighted by Gasteiger charge is 2.08. The lowest BCUT2D eigenvalue weighted by atomic mass is 10.1. The third kappa shape index (κ3) is 5.74. The fourth-order valence-corrected chi connectivity index (χ4v) is 2.68. The van der Waals surface area contributed by atoms with E-state index in [1.54, 1.807) is 19.2 Å². The summed E-state index contributed by atoms with van der Waals surface area (Å²) in [7, 11) is 1.76. The normalized spacial score (nSPS) is 11.1. The van der Waals surface area contributed by atoms with E-state index in [0.717, 1.165) is 30.2 Å². The highest BCUT2D eigenvalue weighted by molar-refractivity contribution is 6.02. The summed E-state index contributed by atoms with van der Waals surface area (Å²) >= 11 is 0. The Balaban J connectivity index is 1.43. The van der Waals surface area contributed by atoms with Crippen LogP contribution in [0.25, 0.3) is 0 Å². The molecule has 28 heavy (non-hydrogen) atoms. The molecule has 0 aliphatic rings. The Hall–Kier alpha value is -3.54. The molecular formula is C22H24N4O2. The molecule has 0 bridgehead atoms. The molecule has 0 aliphatic carbocycles. The summed E-state index contributed by atoms with van der Waals surface area (Å²) in [6.07, 6.45) is 2.41. The van der Waals surface area contributed by atoms with E-state index in [1.807, 2.05) is 42.5 Å². The molecule has 0 saturated carbocycles. The molecule has 144 valence electrons. The Morgan fingerprint density at radius 2 is 1.71 bits per heavy atom. The van der Waals surface area contributed by atoms with Gasteiger partial charge in [-0.25, -0.2) is 0 Å². The lowest BCUT2D eigenvalue weighted by Crippen LogP contribution is -2.37. The van der Waals surface area contributed by atoms with Crippen molar-refractivity contribution >= 4 is 17.6 Å².